The predicted molar refractivity (Wildman–Crippen MR) is 560 cm³/mol. The van der Waals surface area contributed by atoms with Crippen LogP contribution in [0, 0.1) is 0 Å². The molecule has 7 heterocycles. The highest BCUT2D eigenvalue weighted by Crippen LogP contribution is 2.49. The van der Waals surface area contributed by atoms with Gasteiger partial charge in [-0.25, -0.2) is 29.9 Å². The highest BCUT2D eigenvalue weighted by Gasteiger charge is 2.52. The fourth-order valence-electron chi connectivity index (χ4n) is 19.8. The molecule has 0 amide bonds. The summed E-state index contributed by atoms with van der Waals surface area (Å²) in [7, 11) is -6.33. The molecule has 676 valence electrons. The summed E-state index contributed by atoms with van der Waals surface area (Å²) in [4.78, 5) is 29.9. The second-order valence-corrected chi connectivity index (χ2v) is 37.9. The Kier molecular flexibility index (Phi) is 20.3. The largest absolute Gasteiger partial charge is 0.534 e. The first-order valence-corrected chi connectivity index (χ1v) is 47.7. The predicted octanol–water partition coefficient (Wildman–Crippen LogP) is 31.5. The van der Waals surface area contributed by atoms with Crippen molar-refractivity contribution in [1.29, 1.82) is 0 Å². The van der Waals surface area contributed by atoms with Gasteiger partial charge in [-0.1, -0.05) is 315 Å². The van der Waals surface area contributed by atoms with Gasteiger partial charge in [0.2, 0.25) is 0 Å². The van der Waals surface area contributed by atoms with Gasteiger partial charge >= 0.3 is 22.7 Å². The lowest BCUT2D eigenvalue weighted by atomic mass is 9.78. The normalized spacial score (nSPS) is 13.3. The molecule has 0 atom stereocenters. The Labute approximate surface area is 804 Å². The van der Waals surface area contributed by atoms with Gasteiger partial charge in [-0.3, -0.25) is 0 Å². The third-order valence-corrected chi connectivity index (χ3v) is 28.3. The lowest BCUT2D eigenvalue weighted by Gasteiger charge is -2.32. The fraction of sp³-hybridized carbons (Fsp3) is 0.0579. The van der Waals surface area contributed by atoms with E-state index >= 15 is 0 Å². The van der Waals surface area contributed by atoms with E-state index < -0.39 is 39.7 Å². The van der Waals surface area contributed by atoms with Gasteiger partial charge in [0.05, 0.1) is 16.6 Å². The summed E-state index contributed by atoms with van der Waals surface area (Å²) in [5.41, 5.74) is 11.5. The zero-order chi connectivity index (χ0) is 95.2. The van der Waals surface area contributed by atoms with E-state index in [1.807, 2.05) is 200 Å². The van der Waals surface area contributed by atoms with Gasteiger partial charge < -0.3 is 31.2 Å². The third kappa shape index (κ3) is 15.0. The average Bonchev–Trinajstić information content (AvgIpc) is 1.48. The van der Waals surface area contributed by atoms with Crippen LogP contribution in [0.1, 0.15) is 27.7 Å². The van der Waals surface area contributed by atoms with Gasteiger partial charge in [-0.15, -0.1) is 0 Å². The number of nitrogens with zero attached hydrogens (tertiary/aromatic N) is 6. The molecule has 0 saturated carbocycles. The van der Waals surface area contributed by atoms with Crippen molar-refractivity contribution in [3.63, 3.8) is 0 Å². The van der Waals surface area contributed by atoms with E-state index in [-0.39, 0.29) is 11.0 Å². The van der Waals surface area contributed by atoms with E-state index in [1.165, 1.54) is 49.8 Å². The summed E-state index contributed by atoms with van der Waals surface area (Å²) in [5, 5.41) is 20.9. The molecule has 20 aromatic carbocycles. The molecule has 0 radical (unpaired) electrons. The second-order valence-electron chi connectivity index (χ2n) is 36.3. The van der Waals surface area contributed by atoms with Crippen LogP contribution in [0.3, 0.4) is 0 Å². The van der Waals surface area contributed by atoms with Crippen LogP contribution in [0.5, 0.6) is 5.75 Å². The minimum atomic E-state index is -5.86. The average molecular weight is 1860 g/mol. The van der Waals surface area contributed by atoms with Gasteiger partial charge in [-0.2, -0.15) is 21.6 Å². The van der Waals surface area contributed by atoms with Crippen LogP contribution in [0.4, 0.5) is 13.2 Å². The maximum absolute atomic E-state index is 13.0. The monoisotopic (exact) mass is 1860 g/mol. The molecule has 1 aliphatic rings. The van der Waals surface area contributed by atoms with Gasteiger partial charge in [-0.05, 0) is 216 Å². The summed E-state index contributed by atoms with van der Waals surface area (Å²) in [5.74, 6) is 3.19. The Bertz CT molecular complexity index is 9520. The molecule has 20 heteroatoms. The smallest absolute Gasteiger partial charge is 0.456 e. The summed E-state index contributed by atoms with van der Waals surface area (Å²) < 4.78 is 105. The molecule has 1 aliphatic heterocycles. The molecule has 0 unspecified atom stereocenters. The summed E-state index contributed by atoms with van der Waals surface area (Å²) in [6.07, 6.45) is 0. The van der Waals surface area contributed by atoms with Gasteiger partial charge in [0.25, 0.3) is 0 Å². The number of hydrogen-bond acceptors (Lipinski definition) is 15. The van der Waals surface area contributed by atoms with Crippen molar-refractivity contribution in [3.8, 4) is 107 Å². The number of fused-ring (bicyclic) bond motifs is 24. The number of aromatic nitrogens is 6. The highest BCUT2D eigenvalue weighted by atomic mass is 32.2. The topological polar surface area (TPSA) is 192 Å². The summed E-state index contributed by atoms with van der Waals surface area (Å²) in [6, 6.07) is 134. The molecule has 0 N–H and O–H groups in total. The van der Waals surface area contributed by atoms with Crippen molar-refractivity contribution in [2.75, 3.05) is 0 Å². The lowest BCUT2D eigenvalue weighted by Crippen LogP contribution is -2.41. The molecule has 26 aromatic rings. The molecular formula is C121H78BF3N6O9S. The van der Waals surface area contributed by atoms with E-state index in [0.717, 1.165) is 165 Å². The van der Waals surface area contributed by atoms with Crippen molar-refractivity contribution < 1.29 is 52.7 Å². The lowest BCUT2D eigenvalue weighted by molar-refractivity contribution is -0.0499. The molecule has 1 fully saturated rings. The Hall–Kier alpha value is -17.3. The molecule has 141 heavy (non-hydrogen) atoms. The maximum Gasteiger partial charge on any atom is 0.534 e. The van der Waals surface area contributed by atoms with Crippen LogP contribution in [0.15, 0.2) is 418 Å². The Morgan fingerprint density at radius 1 is 0.241 bits per heavy atom. The molecule has 6 aromatic heterocycles. The number of hydrogen-bond donors (Lipinski definition) is 0. The van der Waals surface area contributed by atoms with Gasteiger partial charge in [0.15, 0.2) is 40.7 Å². The van der Waals surface area contributed by atoms with Crippen LogP contribution >= 0.6 is 0 Å². The number of furan rings is 4. The maximum atomic E-state index is 13.0. The Morgan fingerprint density at radius 3 is 0.879 bits per heavy atom. The zero-order valence-corrected chi connectivity index (χ0v) is 76.9. The summed E-state index contributed by atoms with van der Waals surface area (Å²) >= 11 is 0. The van der Waals surface area contributed by atoms with Gasteiger partial charge in [0.1, 0.15) is 44.7 Å². The fourth-order valence-corrected chi connectivity index (χ4v) is 20.3. The van der Waals surface area contributed by atoms with Crippen molar-refractivity contribution in [2.24, 2.45) is 0 Å². The number of halogens is 3. The quantitative estimate of drug-likeness (QED) is 0.0485. The number of benzene rings is 20. The number of alkyl halides is 3. The van der Waals surface area contributed by atoms with E-state index in [2.05, 4.69) is 202 Å². The van der Waals surface area contributed by atoms with Crippen molar-refractivity contribution in [3.05, 3.63) is 400 Å². The minimum Gasteiger partial charge on any atom is -0.456 e. The van der Waals surface area contributed by atoms with E-state index in [1.54, 1.807) is 18.2 Å². The Balaban J connectivity index is 0.000000116. The zero-order valence-electron chi connectivity index (χ0n) is 76.1. The molecular weight excluding hydrogens is 1780 g/mol. The Morgan fingerprint density at radius 2 is 0.511 bits per heavy atom. The van der Waals surface area contributed by atoms with Crippen LogP contribution < -0.4 is 9.65 Å². The van der Waals surface area contributed by atoms with Crippen LogP contribution in [0.25, 0.3) is 254 Å². The van der Waals surface area contributed by atoms with Crippen LogP contribution in [0.2, 0.25) is 0 Å². The second kappa shape index (κ2) is 33.6. The first-order chi connectivity index (χ1) is 68.7. The standard InChI is InChI=1S/C57H33N3O2.C33H28BN3O3.C31H17F3O4S/c1-3-13-34(14-4-1)55-58-56(35-15-5-2-6-16-35)60-57(59-55)45-22-12-24-52-54(45)48-33-38(27-30-50(48)62-52)39-21-11-23-51-53(39)47-32-37(26-29-49(47)61-51)36-25-28-44-42-19-8-7-17-40(42)41-18-9-10-20-43(41)46(44)31-36;1-32(2)33(3,4)40-34(39-32)23-18-19-26-25(20-23)28-24(16-11-17-27(28)38-26)31-36-29(21-12-7-5-8-13-21)35-30(37-31)22-14-9-6-10-15-22;32-31(33,34)39(35,36)38-29-11-5-10-28-30(29)26-17-19(13-15-27(26)37-28)18-12-14-24-22-8-2-1-6-20(22)21-7-3-4-9-23(21)25(24)16-18/h1-33H;5-20H,1-4H3;1-17H. The SMILES string of the molecule is CC1(C)OB(c2ccc3oc4cccc(-c5nc(-c6ccccc6)nc(-c6ccccc6)n5)c4c3c2)OC1(C)C.O=S(=O)(Oc1cccc2oc3ccc(-c4ccc5c6ccccc6c6ccccc6c5c4)cc3c12)C(F)(F)F.c1ccc(-c2nc(-c3ccccc3)nc(-c3cccc4oc5ccc(-c6cccc7oc8ccc(-c9ccc%10c%11ccccc%11c%11ccccc%11c%10c9)cc8c67)cc5c34)n2)cc1. The molecule has 0 spiro atoms. The molecule has 27 rings (SSSR count). The molecule has 1 saturated heterocycles. The van der Waals surface area contributed by atoms with Crippen molar-refractivity contribution >= 4 is 175 Å². The first kappa shape index (κ1) is 85.4. The molecule has 15 nitrogen and oxygen atoms in total. The van der Waals surface area contributed by atoms with E-state index in [9.17, 15) is 21.6 Å². The van der Waals surface area contributed by atoms with Crippen LogP contribution in [-0.4, -0.2) is 62.2 Å². The third-order valence-electron chi connectivity index (χ3n) is 27.3. The van der Waals surface area contributed by atoms with Crippen molar-refractivity contribution in [2.45, 2.75) is 44.4 Å². The van der Waals surface area contributed by atoms with E-state index in [4.69, 9.17) is 56.9 Å². The first-order valence-electron chi connectivity index (χ1n) is 46.3. The van der Waals surface area contributed by atoms with E-state index in [0.29, 0.717) is 45.9 Å². The van der Waals surface area contributed by atoms with Gasteiger partial charge in [0, 0.05) is 71.1 Å². The van der Waals surface area contributed by atoms with Crippen LogP contribution in [-0.2, 0) is 19.4 Å². The number of rotatable bonds is 12. The van der Waals surface area contributed by atoms with Crippen molar-refractivity contribution in [1.82, 2.24) is 29.9 Å². The molecule has 0 bridgehead atoms. The highest BCUT2D eigenvalue weighted by molar-refractivity contribution is 7.88. The minimum absolute atomic E-state index is 0.152. The summed E-state index contributed by atoms with van der Waals surface area (Å²) in [6.45, 7) is 8.25. The molecule has 0 aliphatic carbocycles.